The molecule has 9 nitrogen and oxygen atoms in total. The smallest absolute Gasteiger partial charge is 0.257 e. The Morgan fingerprint density at radius 3 is 2.56 bits per heavy atom. The fraction of sp³-hybridized carbons (Fsp3) is 0.200. The molecule has 0 atom stereocenters. The second-order valence-electron chi connectivity index (χ2n) is 7.82. The first-order valence-electron chi connectivity index (χ1n) is 10.7. The van der Waals surface area contributed by atoms with Crippen LogP contribution in [0.5, 0.6) is 11.5 Å². The van der Waals surface area contributed by atoms with Crippen molar-refractivity contribution in [2.45, 2.75) is 6.10 Å². The number of benzene rings is 2. The first-order valence-corrected chi connectivity index (χ1v) is 10.7. The van der Waals surface area contributed by atoms with Crippen LogP contribution in [0.3, 0.4) is 0 Å². The normalized spacial score (nSPS) is 16.1. The number of aliphatic hydroxyl groups is 1. The van der Waals surface area contributed by atoms with E-state index in [4.69, 9.17) is 15.2 Å². The zero-order valence-corrected chi connectivity index (χ0v) is 19.1. The maximum absolute atomic E-state index is 12.6. The van der Waals surface area contributed by atoms with Crippen LogP contribution in [0.15, 0.2) is 78.1 Å². The van der Waals surface area contributed by atoms with Crippen molar-refractivity contribution >= 4 is 23.1 Å². The molecule has 2 aromatic carbocycles. The van der Waals surface area contributed by atoms with Gasteiger partial charge in [0.25, 0.3) is 5.91 Å². The molecule has 1 fully saturated rings. The number of rotatable bonds is 6. The van der Waals surface area contributed by atoms with Gasteiger partial charge in [-0.05, 0) is 35.9 Å². The maximum atomic E-state index is 12.6. The molecule has 0 bridgehead atoms. The van der Waals surface area contributed by atoms with Gasteiger partial charge in [-0.1, -0.05) is 24.8 Å². The lowest BCUT2D eigenvalue weighted by molar-refractivity contribution is 0.00570. The number of hydrazine groups is 1. The number of carbonyl (C=O) groups is 1. The number of hydrogen-bond acceptors (Lipinski definition) is 6. The number of allylic oxidation sites excluding steroid dienone is 3. The number of hydrogen-bond donors (Lipinski definition) is 3. The molecule has 2 aliphatic heterocycles. The fourth-order valence-corrected chi connectivity index (χ4v) is 3.68. The molecule has 2 aliphatic rings. The minimum absolute atomic E-state index is 0.133. The molecule has 2 heterocycles. The Balaban J connectivity index is 1.46. The molecule has 0 saturated carbocycles. The molecule has 176 valence electrons. The topological polar surface area (TPSA) is 113 Å². The largest absolute Gasteiger partial charge is 0.497 e. The number of guanidine groups is 1. The Labute approximate surface area is 198 Å². The van der Waals surface area contributed by atoms with Crippen LogP contribution in [0.1, 0.15) is 15.9 Å². The summed E-state index contributed by atoms with van der Waals surface area (Å²) >= 11 is 0. The van der Waals surface area contributed by atoms with E-state index in [1.54, 1.807) is 41.4 Å². The predicted octanol–water partition coefficient (Wildman–Crippen LogP) is 2.40. The molecule has 4 N–H and O–H groups in total. The second kappa shape index (κ2) is 9.72. The third-order valence-corrected chi connectivity index (χ3v) is 5.55. The number of carbonyl (C=O) groups excluding carboxylic acids is 1. The van der Waals surface area contributed by atoms with E-state index in [1.165, 1.54) is 7.11 Å². The van der Waals surface area contributed by atoms with E-state index < -0.39 is 6.10 Å². The molecular formula is C25H27N5O4. The highest BCUT2D eigenvalue weighted by Gasteiger charge is 2.31. The second-order valence-corrected chi connectivity index (χ2v) is 7.82. The molecule has 0 unspecified atom stereocenters. The third kappa shape index (κ3) is 4.74. The van der Waals surface area contributed by atoms with Crippen molar-refractivity contribution in [2.24, 2.45) is 10.7 Å². The SMILES string of the molecule is C=C1C(c2ccc(OC)cc2)=CC=CN1NC(N)=Nc1ccc(C(=O)N2CC(O)C2)c(OC)c1. The molecule has 2 aromatic rings. The Morgan fingerprint density at radius 2 is 1.91 bits per heavy atom. The van der Waals surface area contributed by atoms with Crippen LogP contribution in [0.4, 0.5) is 5.69 Å². The highest BCUT2D eigenvalue weighted by Crippen LogP contribution is 2.29. The Kier molecular flexibility index (Phi) is 6.55. The fourth-order valence-electron chi connectivity index (χ4n) is 3.68. The van der Waals surface area contributed by atoms with Crippen molar-refractivity contribution in [3.8, 4) is 11.5 Å². The summed E-state index contributed by atoms with van der Waals surface area (Å²) in [6, 6.07) is 12.7. The zero-order chi connectivity index (χ0) is 24.2. The summed E-state index contributed by atoms with van der Waals surface area (Å²) in [7, 11) is 3.12. The van der Waals surface area contributed by atoms with Crippen LogP contribution < -0.4 is 20.6 Å². The number of aliphatic hydroxyl groups excluding tert-OH is 1. The van der Waals surface area contributed by atoms with E-state index in [0.717, 1.165) is 16.9 Å². The zero-order valence-electron chi connectivity index (χ0n) is 19.1. The van der Waals surface area contributed by atoms with Crippen LogP contribution in [0.25, 0.3) is 5.57 Å². The molecule has 4 rings (SSSR count). The number of nitrogens with two attached hydrogens (primary N) is 1. The number of aliphatic imine (C=N–C) groups is 1. The van der Waals surface area contributed by atoms with E-state index in [-0.39, 0.29) is 11.9 Å². The molecule has 0 spiro atoms. The van der Waals surface area contributed by atoms with Crippen LogP contribution in [0.2, 0.25) is 0 Å². The van der Waals surface area contributed by atoms with E-state index >= 15 is 0 Å². The van der Waals surface area contributed by atoms with Crippen molar-refractivity contribution in [1.29, 1.82) is 0 Å². The van der Waals surface area contributed by atoms with Gasteiger partial charge in [0.1, 0.15) is 11.5 Å². The molecule has 9 heteroatoms. The van der Waals surface area contributed by atoms with E-state index in [0.29, 0.717) is 35.8 Å². The highest BCUT2D eigenvalue weighted by molar-refractivity contribution is 5.98. The number of nitrogens with one attached hydrogen (secondary N) is 1. The van der Waals surface area contributed by atoms with Gasteiger partial charge in [0.15, 0.2) is 0 Å². The monoisotopic (exact) mass is 461 g/mol. The van der Waals surface area contributed by atoms with Crippen LogP contribution in [-0.4, -0.2) is 60.3 Å². The minimum atomic E-state index is -0.469. The van der Waals surface area contributed by atoms with Gasteiger partial charge in [0.05, 0.1) is 37.3 Å². The number of ether oxygens (including phenoxy) is 2. The summed E-state index contributed by atoms with van der Waals surface area (Å²) in [6.07, 6.45) is 5.17. The summed E-state index contributed by atoms with van der Waals surface area (Å²) in [4.78, 5) is 18.5. The van der Waals surface area contributed by atoms with Crippen molar-refractivity contribution in [3.63, 3.8) is 0 Å². The van der Waals surface area contributed by atoms with E-state index in [1.807, 2.05) is 36.4 Å². The van der Waals surface area contributed by atoms with Gasteiger partial charge in [-0.3, -0.25) is 15.2 Å². The molecule has 0 aromatic heterocycles. The summed E-state index contributed by atoms with van der Waals surface area (Å²) in [5, 5.41) is 11.1. The number of β-amino-alcohol motifs (C(OH)–C–C–N with tert-alkyl or cyclic N) is 1. The standard InChI is InChI=1S/C25H27N5O4/c1-16-21(17-6-9-20(33-2)10-7-17)5-4-12-30(16)28-25(26)27-18-8-11-22(23(13-18)34-3)24(32)29-14-19(31)15-29/h4-13,19,31H,1,14-15H2,2-3H3,(H3,26,27,28). The highest BCUT2D eigenvalue weighted by atomic mass is 16.5. The Bertz CT molecular complexity index is 1180. The van der Waals surface area contributed by atoms with Crippen LogP contribution >= 0.6 is 0 Å². The first-order chi connectivity index (χ1) is 16.4. The van der Waals surface area contributed by atoms with Gasteiger partial charge in [-0.15, -0.1) is 0 Å². The van der Waals surface area contributed by atoms with Crippen molar-refractivity contribution in [1.82, 2.24) is 15.3 Å². The summed E-state index contributed by atoms with van der Waals surface area (Å²) < 4.78 is 10.6. The number of likely N-dealkylation sites (tertiary alicyclic amines) is 1. The van der Waals surface area contributed by atoms with Gasteiger partial charge in [-0.2, -0.15) is 0 Å². The quantitative estimate of drug-likeness (QED) is 0.447. The van der Waals surface area contributed by atoms with Gasteiger partial charge in [0.2, 0.25) is 5.96 Å². The number of amides is 1. The summed E-state index contributed by atoms with van der Waals surface area (Å²) in [6.45, 7) is 4.81. The van der Waals surface area contributed by atoms with Gasteiger partial charge < -0.3 is 25.2 Å². The summed E-state index contributed by atoms with van der Waals surface area (Å²) in [5.41, 5.74) is 12.7. The van der Waals surface area contributed by atoms with Gasteiger partial charge >= 0.3 is 0 Å². The molecular weight excluding hydrogens is 434 g/mol. The average molecular weight is 462 g/mol. The lowest BCUT2D eigenvalue weighted by Crippen LogP contribution is -2.53. The van der Waals surface area contributed by atoms with Gasteiger partial charge in [0, 0.05) is 30.9 Å². The lowest BCUT2D eigenvalue weighted by Gasteiger charge is -2.36. The molecule has 1 amide bonds. The Hall–Kier alpha value is -4.24. The van der Waals surface area contributed by atoms with Crippen molar-refractivity contribution in [3.05, 3.63) is 84.2 Å². The van der Waals surface area contributed by atoms with Gasteiger partial charge in [-0.25, -0.2) is 4.99 Å². The predicted molar refractivity (Wildman–Crippen MR) is 130 cm³/mol. The molecule has 0 radical (unpaired) electrons. The van der Waals surface area contributed by atoms with Crippen LogP contribution in [0, 0.1) is 0 Å². The Morgan fingerprint density at radius 1 is 1.18 bits per heavy atom. The van der Waals surface area contributed by atoms with E-state index in [2.05, 4.69) is 17.0 Å². The van der Waals surface area contributed by atoms with Crippen molar-refractivity contribution in [2.75, 3.05) is 27.3 Å². The van der Waals surface area contributed by atoms with E-state index in [9.17, 15) is 9.90 Å². The van der Waals surface area contributed by atoms with Crippen molar-refractivity contribution < 1.29 is 19.4 Å². The summed E-state index contributed by atoms with van der Waals surface area (Å²) in [5.74, 6) is 1.09. The minimum Gasteiger partial charge on any atom is -0.497 e. The molecule has 0 aliphatic carbocycles. The first kappa shape index (κ1) is 22.9. The van der Waals surface area contributed by atoms with Crippen LogP contribution in [-0.2, 0) is 0 Å². The number of methoxy groups -OCH3 is 2. The molecule has 34 heavy (non-hydrogen) atoms. The molecule has 1 saturated heterocycles. The maximum Gasteiger partial charge on any atom is 0.257 e. The number of nitrogens with zero attached hydrogens (tertiary/aromatic N) is 3. The average Bonchev–Trinajstić information content (AvgIpc) is 2.83. The lowest BCUT2D eigenvalue weighted by atomic mass is 10.0. The third-order valence-electron chi connectivity index (χ3n) is 5.55.